The molecule has 3 rings (SSSR count). The largest absolute Gasteiger partial charge is 0.495 e. The second-order valence-electron chi connectivity index (χ2n) is 6.63. The van der Waals surface area contributed by atoms with Gasteiger partial charge in [-0.3, -0.25) is 14.5 Å². The molecular weight excluding hydrogens is 386 g/mol. The molecule has 7 heteroatoms. The van der Waals surface area contributed by atoms with Crippen LogP contribution in [-0.2, 0) is 9.59 Å². The predicted molar refractivity (Wildman–Crippen MR) is 118 cm³/mol. The van der Waals surface area contributed by atoms with Crippen molar-refractivity contribution >= 4 is 40.1 Å². The number of thioether (sulfide) groups is 1. The first-order valence-corrected chi connectivity index (χ1v) is 10.5. The molecule has 0 radical (unpaired) electrons. The summed E-state index contributed by atoms with van der Waals surface area (Å²) >= 11 is 1.36. The predicted octanol–water partition coefficient (Wildman–Crippen LogP) is 4.46. The van der Waals surface area contributed by atoms with Crippen LogP contribution in [0.3, 0.4) is 0 Å². The number of amidine groups is 1. The number of carbonyl (C=O) groups is 2. The molecular formula is C22H25N3O3S. The van der Waals surface area contributed by atoms with Gasteiger partial charge in [-0.05, 0) is 30.7 Å². The molecule has 0 bridgehead atoms. The topological polar surface area (TPSA) is 71.0 Å². The van der Waals surface area contributed by atoms with Crippen molar-refractivity contribution in [1.82, 2.24) is 4.90 Å². The number of hydrogen-bond acceptors (Lipinski definition) is 5. The Balaban J connectivity index is 1.73. The van der Waals surface area contributed by atoms with Crippen molar-refractivity contribution in [3.8, 4) is 5.75 Å². The van der Waals surface area contributed by atoms with E-state index in [4.69, 9.17) is 4.74 Å². The summed E-state index contributed by atoms with van der Waals surface area (Å²) in [5.74, 6) is 0.298. The fourth-order valence-electron chi connectivity index (χ4n) is 2.98. The van der Waals surface area contributed by atoms with Crippen molar-refractivity contribution in [3.63, 3.8) is 0 Å². The van der Waals surface area contributed by atoms with Gasteiger partial charge in [0.2, 0.25) is 11.8 Å². The maximum Gasteiger partial charge on any atom is 0.242 e. The first-order valence-electron chi connectivity index (χ1n) is 9.67. The molecule has 29 heavy (non-hydrogen) atoms. The highest BCUT2D eigenvalue weighted by molar-refractivity contribution is 8.15. The molecule has 1 fully saturated rings. The molecule has 1 unspecified atom stereocenters. The van der Waals surface area contributed by atoms with Crippen molar-refractivity contribution in [2.24, 2.45) is 4.99 Å². The van der Waals surface area contributed by atoms with Crippen LogP contribution in [0.1, 0.15) is 26.2 Å². The van der Waals surface area contributed by atoms with Gasteiger partial charge in [-0.1, -0.05) is 55.4 Å². The maximum absolute atomic E-state index is 12.9. The minimum Gasteiger partial charge on any atom is -0.495 e. The number of amides is 2. The third-order valence-corrected chi connectivity index (χ3v) is 5.66. The lowest BCUT2D eigenvalue weighted by molar-refractivity contribution is -0.128. The lowest BCUT2D eigenvalue weighted by Crippen LogP contribution is -2.34. The highest BCUT2D eigenvalue weighted by atomic mass is 32.2. The minimum absolute atomic E-state index is 0.0618. The number of carbonyl (C=O) groups excluding carboxylic acids is 2. The van der Waals surface area contributed by atoms with Crippen molar-refractivity contribution in [1.29, 1.82) is 0 Å². The van der Waals surface area contributed by atoms with Gasteiger partial charge in [0.15, 0.2) is 5.17 Å². The van der Waals surface area contributed by atoms with E-state index in [9.17, 15) is 9.59 Å². The highest BCUT2D eigenvalue weighted by Crippen LogP contribution is 2.32. The Bertz CT molecular complexity index is 886. The number of nitrogens with one attached hydrogen (secondary N) is 1. The molecule has 2 aromatic carbocycles. The molecule has 152 valence electrons. The van der Waals surface area contributed by atoms with E-state index in [0.29, 0.717) is 23.1 Å². The standard InChI is InChI=1S/C22H25N3O3S/c1-3-4-14-25-21(27)19(29-22(25)23-16-10-6-5-7-11-16)15-20(26)24-17-12-8-9-13-18(17)28-2/h5-13,19H,3-4,14-15H2,1-2H3,(H,24,26). The molecule has 1 atom stereocenters. The lowest BCUT2D eigenvalue weighted by Gasteiger charge is -2.16. The van der Waals surface area contributed by atoms with Crippen LogP contribution < -0.4 is 10.1 Å². The van der Waals surface area contributed by atoms with E-state index >= 15 is 0 Å². The van der Waals surface area contributed by atoms with Crippen LogP contribution in [0.25, 0.3) is 0 Å². The number of anilines is 1. The number of benzene rings is 2. The van der Waals surface area contributed by atoms with Gasteiger partial charge in [0, 0.05) is 13.0 Å². The molecule has 1 heterocycles. The Kier molecular flexibility index (Phi) is 7.30. The Morgan fingerprint density at radius 1 is 1.17 bits per heavy atom. The summed E-state index contributed by atoms with van der Waals surface area (Å²) in [4.78, 5) is 31.9. The highest BCUT2D eigenvalue weighted by Gasteiger charge is 2.38. The second kappa shape index (κ2) is 10.1. The van der Waals surface area contributed by atoms with Gasteiger partial charge in [-0.15, -0.1) is 0 Å². The molecule has 1 aliphatic heterocycles. The van der Waals surface area contributed by atoms with Crippen molar-refractivity contribution in [2.75, 3.05) is 19.0 Å². The fraction of sp³-hybridized carbons (Fsp3) is 0.318. The van der Waals surface area contributed by atoms with Crippen LogP contribution in [0, 0.1) is 0 Å². The van der Waals surface area contributed by atoms with Crippen LogP contribution in [0.15, 0.2) is 59.6 Å². The Labute approximate surface area is 175 Å². The summed E-state index contributed by atoms with van der Waals surface area (Å²) in [6.45, 7) is 2.69. The SMILES string of the molecule is CCCCN1C(=O)C(CC(=O)Nc2ccccc2OC)SC1=Nc1ccccc1. The summed E-state index contributed by atoms with van der Waals surface area (Å²) in [6, 6.07) is 16.8. The molecule has 1 N–H and O–H groups in total. The Morgan fingerprint density at radius 3 is 2.62 bits per heavy atom. The van der Waals surface area contributed by atoms with Gasteiger partial charge in [0.05, 0.1) is 18.5 Å². The number of unbranched alkanes of at least 4 members (excludes halogenated alkanes) is 1. The molecule has 6 nitrogen and oxygen atoms in total. The van der Waals surface area contributed by atoms with E-state index in [2.05, 4.69) is 17.2 Å². The minimum atomic E-state index is -0.482. The zero-order valence-electron chi connectivity index (χ0n) is 16.6. The van der Waals surface area contributed by atoms with Crippen LogP contribution in [0.4, 0.5) is 11.4 Å². The molecule has 0 aliphatic carbocycles. The average Bonchev–Trinajstić information content (AvgIpc) is 3.01. The lowest BCUT2D eigenvalue weighted by atomic mass is 10.2. The molecule has 1 saturated heterocycles. The number of hydrogen-bond donors (Lipinski definition) is 1. The molecule has 2 aromatic rings. The molecule has 0 spiro atoms. The van der Waals surface area contributed by atoms with E-state index < -0.39 is 5.25 Å². The first-order chi connectivity index (χ1) is 14.1. The van der Waals surface area contributed by atoms with Gasteiger partial charge in [-0.25, -0.2) is 4.99 Å². The molecule has 2 amide bonds. The second-order valence-corrected chi connectivity index (χ2v) is 7.80. The van der Waals surface area contributed by atoms with Gasteiger partial charge >= 0.3 is 0 Å². The number of nitrogens with zero attached hydrogens (tertiary/aromatic N) is 2. The third kappa shape index (κ3) is 5.38. The number of aliphatic imine (C=N–C) groups is 1. The summed E-state index contributed by atoms with van der Waals surface area (Å²) in [5, 5.41) is 3.02. The van der Waals surface area contributed by atoms with Crippen molar-refractivity contribution in [3.05, 3.63) is 54.6 Å². The Morgan fingerprint density at radius 2 is 1.90 bits per heavy atom. The third-order valence-electron chi connectivity index (χ3n) is 4.49. The van der Waals surface area contributed by atoms with Crippen LogP contribution in [0.2, 0.25) is 0 Å². The van der Waals surface area contributed by atoms with Gasteiger partial charge in [-0.2, -0.15) is 0 Å². The number of para-hydroxylation sites is 3. The first kappa shape index (κ1) is 20.9. The summed E-state index contributed by atoms with van der Waals surface area (Å²) in [5.41, 5.74) is 1.39. The van der Waals surface area contributed by atoms with Crippen molar-refractivity contribution < 1.29 is 14.3 Å². The van der Waals surface area contributed by atoms with Crippen LogP contribution in [0.5, 0.6) is 5.75 Å². The van der Waals surface area contributed by atoms with E-state index in [1.807, 2.05) is 42.5 Å². The van der Waals surface area contributed by atoms with E-state index in [1.54, 1.807) is 24.1 Å². The Hall–Kier alpha value is -2.80. The van der Waals surface area contributed by atoms with Gasteiger partial charge < -0.3 is 10.1 Å². The number of rotatable bonds is 8. The van der Waals surface area contributed by atoms with Crippen molar-refractivity contribution in [2.45, 2.75) is 31.4 Å². The van der Waals surface area contributed by atoms with Gasteiger partial charge in [0.25, 0.3) is 0 Å². The van der Waals surface area contributed by atoms with E-state index in [-0.39, 0.29) is 18.2 Å². The summed E-state index contributed by atoms with van der Waals surface area (Å²) < 4.78 is 5.27. The summed E-state index contributed by atoms with van der Waals surface area (Å²) in [6.07, 6.45) is 1.95. The zero-order chi connectivity index (χ0) is 20.6. The molecule has 0 saturated carbocycles. The average molecular weight is 412 g/mol. The van der Waals surface area contributed by atoms with Gasteiger partial charge in [0.1, 0.15) is 11.0 Å². The zero-order valence-corrected chi connectivity index (χ0v) is 17.4. The van der Waals surface area contributed by atoms with Crippen LogP contribution >= 0.6 is 11.8 Å². The van der Waals surface area contributed by atoms with E-state index in [0.717, 1.165) is 18.5 Å². The van der Waals surface area contributed by atoms with E-state index in [1.165, 1.54) is 11.8 Å². The smallest absolute Gasteiger partial charge is 0.242 e. The normalized spacial score (nSPS) is 17.6. The fourth-order valence-corrected chi connectivity index (χ4v) is 4.16. The van der Waals surface area contributed by atoms with Crippen LogP contribution in [-0.4, -0.2) is 40.8 Å². The monoisotopic (exact) mass is 411 g/mol. The summed E-state index contributed by atoms with van der Waals surface area (Å²) in [7, 11) is 1.55. The molecule has 0 aromatic heterocycles. The molecule has 1 aliphatic rings. The maximum atomic E-state index is 12.9. The number of ether oxygens (including phenoxy) is 1. The quantitative estimate of drug-likeness (QED) is 0.696. The number of methoxy groups -OCH3 is 1.